The molecule has 3 nitrogen and oxygen atoms in total. The number of piperidine rings is 1. The number of alkyl halides is 1. The van der Waals surface area contributed by atoms with Gasteiger partial charge in [-0.1, -0.05) is 30.3 Å². The Balaban J connectivity index is 1.97. The van der Waals surface area contributed by atoms with E-state index in [1.54, 1.807) is 0 Å². The maximum absolute atomic E-state index is 14.3. The minimum Gasteiger partial charge on any atom is -0.444 e. The summed E-state index contributed by atoms with van der Waals surface area (Å²) in [5.74, 6) is -0.130. The van der Waals surface area contributed by atoms with Gasteiger partial charge < -0.3 is 9.64 Å². The third-order valence-corrected chi connectivity index (χ3v) is 3.42. The molecule has 1 aromatic rings. The second-order valence-electron chi connectivity index (χ2n) is 6.25. The number of hydrogen-bond donors (Lipinski definition) is 0. The predicted molar refractivity (Wildman–Crippen MR) is 76.5 cm³/mol. The SMILES string of the molecule is CC(C)(C)OC(=O)N1CCC(c2ccccc2)C(F)C1. The molecule has 1 aromatic carbocycles. The fraction of sp³-hybridized carbons (Fsp3) is 0.562. The van der Waals surface area contributed by atoms with Crippen molar-refractivity contribution in [1.29, 1.82) is 0 Å². The summed E-state index contributed by atoms with van der Waals surface area (Å²) in [6, 6.07) is 9.65. The highest BCUT2D eigenvalue weighted by atomic mass is 19.1. The molecule has 2 rings (SSSR count). The van der Waals surface area contributed by atoms with Gasteiger partial charge >= 0.3 is 6.09 Å². The molecule has 20 heavy (non-hydrogen) atoms. The van der Waals surface area contributed by atoms with Gasteiger partial charge in [0.1, 0.15) is 11.8 Å². The van der Waals surface area contributed by atoms with Gasteiger partial charge in [0.15, 0.2) is 0 Å². The van der Waals surface area contributed by atoms with E-state index < -0.39 is 17.9 Å². The summed E-state index contributed by atoms with van der Waals surface area (Å²) < 4.78 is 19.6. The number of ether oxygens (including phenoxy) is 1. The molecular formula is C16H22FNO2. The van der Waals surface area contributed by atoms with Crippen LogP contribution in [0.1, 0.15) is 38.7 Å². The fourth-order valence-corrected chi connectivity index (χ4v) is 2.47. The highest BCUT2D eigenvalue weighted by molar-refractivity contribution is 5.68. The van der Waals surface area contributed by atoms with Crippen LogP contribution < -0.4 is 0 Å². The number of amides is 1. The molecule has 0 bridgehead atoms. The minimum atomic E-state index is -1.04. The number of carbonyl (C=O) groups excluding carboxylic acids is 1. The van der Waals surface area contributed by atoms with Crippen LogP contribution in [-0.2, 0) is 4.74 Å². The zero-order valence-electron chi connectivity index (χ0n) is 12.3. The van der Waals surface area contributed by atoms with Gasteiger partial charge in [-0.15, -0.1) is 0 Å². The standard InChI is InChI=1S/C16H22FNO2/c1-16(2,3)20-15(19)18-10-9-13(14(17)11-18)12-7-5-4-6-8-12/h4-8,13-14H,9-11H2,1-3H3. The van der Waals surface area contributed by atoms with Gasteiger partial charge in [0.25, 0.3) is 0 Å². The van der Waals surface area contributed by atoms with Gasteiger partial charge in [-0.25, -0.2) is 9.18 Å². The number of benzene rings is 1. The monoisotopic (exact) mass is 279 g/mol. The van der Waals surface area contributed by atoms with Gasteiger partial charge in [-0.2, -0.15) is 0 Å². The van der Waals surface area contributed by atoms with E-state index in [4.69, 9.17) is 4.74 Å². The van der Waals surface area contributed by atoms with Crippen molar-refractivity contribution in [3.63, 3.8) is 0 Å². The van der Waals surface area contributed by atoms with Crippen molar-refractivity contribution in [2.24, 2.45) is 0 Å². The van der Waals surface area contributed by atoms with Gasteiger partial charge in [-0.3, -0.25) is 0 Å². The third kappa shape index (κ3) is 3.71. The molecule has 4 heteroatoms. The first-order chi connectivity index (χ1) is 9.37. The van der Waals surface area contributed by atoms with Crippen LogP contribution >= 0.6 is 0 Å². The molecule has 0 saturated carbocycles. The van der Waals surface area contributed by atoms with Crippen LogP contribution in [-0.4, -0.2) is 35.9 Å². The number of rotatable bonds is 1. The maximum atomic E-state index is 14.3. The number of nitrogens with zero attached hydrogens (tertiary/aromatic N) is 1. The minimum absolute atomic E-state index is 0.106. The highest BCUT2D eigenvalue weighted by Crippen LogP contribution is 2.30. The zero-order valence-corrected chi connectivity index (χ0v) is 12.3. The van der Waals surface area contributed by atoms with Crippen molar-refractivity contribution < 1.29 is 13.9 Å². The number of hydrogen-bond acceptors (Lipinski definition) is 2. The second-order valence-corrected chi connectivity index (χ2v) is 6.25. The Kier molecular flexibility index (Phi) is 4.31. The van der Waals surface area contributed by atoms with Crippen molar-refractivity contribution in [3.8, 4) is 0 Å². The average molecular weight is 279 g/mol. The van der Waals surface area contributed by atoms with E-state index in [9.17, 15) is 9.18 Å². The lowest BCUT2D eigenvalue weighted by Crippen LogP contribution is -2.46. The molecule has 0 N–H and O–H groups in total. The molecule has 0 radical (unpaired) electrons. The lowest BCUT2D eigenvalue weighted by Gasteiger charge is -2.35. The second kappa shape index (κ2) is 5.81. The fourth-order valence-electron chi connectivity index (χ4n) is 2.47. The molecular weight excluding hydrogens is 257 g/mol. The molecule has 0 aliphatic carbocycles. The first-order valence-electron chi connectivity index (χ1n) is 7.04. The molecule has 1 fully saturated rings. The highest BCUT2D eigenvalue weighted by Gasteiger charge is 2.34. The first kappa shape index (κ1) is 14.8. The van der Waals surface area contributed by atoms with Crippen LogP contribution in [0.5, 0.6) is 0 Å². The van der Waals surface area contributed by atoms with Gasteiger partial charge in [0.2, 0.25) is 0 Å². The van der Waals surface area contributed by atoms with Gasteiger partial charge in [-0.05, 0) is 32.8 Å². The number of halogens is 1. The molecule has 1 aliphatic heterocycles. The Hall–Kier alpha value is -1.58. The van der Waals surface area contributed by atoms with Crippen molar-refractivity contribution in [2.75, 3.05) is 13.1 Å². The quantitative estimate of drug-likeness (QED) is 0.783. The topological polar surface area (TPSA) is 29.5 Å². The summed E-state index contributed by atoms with van der Waals surface area (Å²) in [6.07, 6.45) is -0.838. The van der Waals surface area contributed by atoms with Crippen LogP contribution in [0.3, 0.4) is 0 Å². The number of carbonyl (C=O) groups is 1. The van der Waals surface area contributed by atoms with Crippen molar-refractivity contribution in [3.05, 3.63) is 35.9 Å². The molecule has 1 saturated heterocycles. The van der Waals surface area contributed by atoms with Crippen LogP contribution in [0.2, 0.25) is 0 Å². The van der Waals surface area contributed by atoms with Gasteiger partial charge in [0, 0.05) is 12.5 Å². The molecule has 1 amide bonds. The van der Waals surface area contributed by atoms with E-state index in [1.807, 2.05) is 51.1 Å². The molecule has 2 atom stereocenters. The van der Waals surface area contributed by atoms with E-state index in [-0.39, 0.29) is 12.5 Å². The Morgan fingerprint density at radius 1 is 1.30 bits per heavy atom. The Labute approximate surface area is 119 Å². The van der Waals surface area contributed by atoms with Crippen molar-refractivity contribution >= 4 is 6.09 Å². The molecule has 2 unspecified atom stereocenters. The molecule has 1 heterocycles. The van der Waals surface area contributed by atoms with Crippen LogP contribution in [0.4, 0.5) is 9.18 Å². The molecule has 110 valence electrons. The molecule has 0 aromatic heterocycles. The van der Waals surface area contributed by atoms with E-state index >= 15 is 0 Å². The van der Waals surface area contributed by atoms with E-state index in [0.29, 0.717) is 13.0 Å². The van der Waals surface area contributed by atoms with Crippen molar-refractivity contribution in [2.45, 2.75) is 44.9 Å². The summed E-state index contributed by atoms with van der Waals surface area (Å²) in [7, 11) is 0. The predicted octanol–water partition coefficient (Wildman–Crippen LogP) is 3.75. The lowest BCUT2D eigenvalue weighted by atomic mass is 9.88. The maximum Gasteiger partial charge on any atom is 0.410 e. The van der Waals surface area contributed by atoms with E-state index in [0.717, 1.165) is 5.56 Å². The van der Waals surface area contributed by atoms with Gasteiger partial charge in [0.05, 0.1) is 6.54 Å². The van der Waals surface area contributed by atoms with E-state index in [2.05, 4.69) is 0 Å². The lowest BCUT2D eigenvalue weighted by molar-refractivity contribution is 0.0111. The summed E-state index contributed by atoms with van der Waals surface area (Å²) >= 11 is 0. The van der Waals surface area contributed by atoms with Crippen LogP contribution in [0, 0.1) is 0 Å². The largest absolute Gasteiger partial charge is 0.444 e. The normalized spacial score (nSPS) is 23.5. The Morgan fingerprint density at radius 2 is 1.95 bits per heavy atom. The van der Waals surface area contributed by atoms with E-state index in [1.165, 1.54) is 4.90 Å². The van der Waals surface area contributed by atoms with Crippen LogP contribution in [0.15, 0.2) is 30.3 Å². The summed E-state index contributed by atoms with van der Waals surface area (Å²) in [5.41, 5.74) is 0.461. The summed E-state index contributed by atoms with van der Waals surface area (Å²) in [4.78, 5) is 13.4. The Bertz CT molecular complexity index is 455. The first-order valence-corrected chi connectivity index (χ1v) is 7.04. The summed E-state index contributed by atoms with van der Waals surface area (Å²) in [5, 5.41) is 0. The van der Waals surface area contributed by atoms with Crippen LogP contribution in [0.25, 0.3) is 0 Å². The summed E-state index contributed by atoms with van der Waals surface area (Å²) in [6.45, 7) is 6.08. The zero-order chi connectivity index (χ0) is 14.8. The average Bonchev–Trinajstić information content (AvgIpc) is 2.37. The molecule has 0 spiro atoms. The third-order valence-electron chi connectivity index (χ3n) is 3.42. The Morgan fingerprint density at radius 3 is 2.50 bits per heavy atom. The smallest absolute Gasteiger partial charge is 0.410 e. The molecule has 1 aliphatic rings. The van der Waals surface area contributed by atoms with Crippen molar-refractivity contribution in [1.82, 2.24) is 4.90 Å². The number of likely N-dealkylation sites (tertiary alicyclic amines) is 1.